The minimum atomic E-state index is -1.06. The van der Waals surface area contributed by atoms with E-state index in [1.54, 1.807) is 18.2 Å². The first-order chi connectivity index (χ1) is 22.7. The molecule has 1 unspecified atom stereocenters. The summed E-state index contributed by atoms with van der Waals surface area (Å²) < 4.78 is 8.20. The molecule has 2 aromatic heterocycles. The smallest absolute Gasteiger partial charge is 0.328 e. The van der Waals surface area contributed by atoms with Gasteiger partial charge in [-0.25, -0.2) is 4.79 Å². The standard InChI is InChI=1S/C38H42N4O5/c1-4-24(2)47-32-23-28(16-13-25(32)15-18-33(43)44)40-37(46)38(19-9-20-38)41-36(45)27-14-17-29-31(22-27)42(3)35(30-12-7-8-21-39-30)34(29)26-10-5-6-11-26/h7-8,12-18,21-24,26H,4-6,9-11,19-20H2,1-3H3,(H,40,46)(H,41,45)(H,43,44)/b18-15+. The number of ether oxygens (including phenoxy) is 1. The van der Waals surface area contributed by atoms with Crippen LogP contribution in [-0.2, 0) is 16.6 Å². The summed E-state index contributed by atoms with van der Waals surface area (Å²) in [7, 11) is 2.04. The maximum Gasteiger partial charge on any atom is 0.328 e. The molecule has 9 nitrogen and oxygen atoms in total. The van der Waals surface area contributed by atoms with Gasteiger partial charge in [0.2, 0.25) is 5.91 Å². The summed E-state index contributed by atoms with van der Waals surface area (Å²) in [5.41, 5.74) is 4.87. The van der Waals surface area contributed by atoms with E-state index in [9.17, 15) is 14.4 Å². The summed E-state index contributed by atoms with van der Waals surface area (Å²) >= 11 is 0. The first kappa shape index (κ1) is 32.0. The third kappa shape index (κ3) is 6.52. The number of fused-ring (bicyclic) bond motifs is 1. The van der Waals surface area contributed by atoms with Gasteiger partial charge in [0.25, 0.3) is 5.91 Å². The molecule has 244 valence electrons. The molecule has 47 heavy (non-hydrogen) atoms. The fourth-order valence-electron chi connectivity index (χ4n) is 6.84. The third-order valence-electron chi connectivity index (χ3n) is 9.75. The zero-order chi connectivity index (χ0) is 33.1. The molecule has 2 fully saturated rings. The zero-order valence-corrected chi connectivity index (χ0v) is 27.2. The number of carbonyl (C=O) groups excluding carboxylic acids is 2. The SMILES string of the molecule is CCC(C)Oc1cc(NC(=O)C2(NC(=O)c3ccc4c(C5CCCC5)c(-c5ccccn5)n(C)c4c3)CCC2)ccc1/C=C/C(=O)O. The maximum absolute atomic E-state index is 13.8. The molecule has 0 saturated heterocycles. The maximum atomic E-state index is 13.8. The first-order valence-corrected chi connectivity index (χ1v) is 16.6. The average Bonchev–Trinajstić information content (AvgIpc) is 3.68. The van der Waals surface area contributed by atoms with Crippen LogP contribution in [0.1, 0.15) is 92.6 Å². The Kier molecular flexibility index (Phi) is 9.16. The van der Waals surface area contributed by atoms with Crippen molar-refractivity contribution in [2.75, 3.05) is 5.32 Å². The highest BCUT2D eigenvalue weighted by Gasteiger charge is 2.45. The van der Waals surface area contributed by atoms with Gasteiger partial charge >= 0.3 is 5.97 Å². The van der Waals surface area contributed by atoms with Crippen LogP contribution in [0.4, 0.5) is 5.69 Å². The molecular weight excluding hydrogens is 592 g/mol. The summed E-state index contributed by atoms with van der Waals surface area (Å²) in [6.07, 6.45) is 11.6. The van der Waals surface area contributed by atoms with E-state index in [0.29, 0.717) is 41.3 Å². The van der Waals surface area contributed by atoms with E-state index in [1.807, 2.05) is 57.4 Å². The number of pyridine rings is 1. The van der Waals surface area contributed by atoms with Gasteiger partial charge in [0.05, 0.1) is 17.5 Å². The lowest BCUT2D eigenvalue weighted by molar-refractivity contribution is -0.131. The van der Waals surface area contributed by atoms with Gasteiger partial charge in [-0.05, 0) is 99.4 Å². The second kappa shape index (κ2) is 13.4. The zero-order valence-electron chi connectivity index (χ0n) is 27.2. The first-order valence-electron chi connectivity index (χ1n) is 16.6. The number of aromatic nitrogens is 2. The molecule has 9 heteroatoms. The Morgan fingerprint density at radius 2 is 1.87 bits per heavy atom. The number of rotatable bonds is 11. The quantitative estimate of drug-likeness (QED) is 0.147. The molecule has 2 aliphatic carbocycles. The number of anilines is 1. The van der Waals surface area contributed by atoms with Gasteiger partial charge in [-0.2, -0.15) is 0 Å². The second-order valence-corrected chi connectivity index (χ2v) is 12.9. The highest BCUT2D eigenvalue weighted by atomic mass is 16.5. The highest BCUT2D eigenvalue weighted by molar-refractivity contribution is 6.06. The fraction of sp³-hybridized carbons (Fsp3) is 0.368. The van der Waals surface area contributed by atoms with Crippen molar-refractivity contribution in [2.45, 2.75) is 82.8 Å². The molecule has 2 saturated carbocycles. The van der Waals surface area contributed by atoms with Crippen molar-refractivity contribution in [2.24, 2.45) is 7.05 Å². The molecule has 2 amide bonds. The van der Waals surface area contributed by atoms with Crippen LogP contribution in [0.3, 0.4) is 0 Å². The van der Waals surface area contributed by atoms with E-state index < -0.39 is 11.5 Å². The van der Waals surface area contributed by atoms with Crippen molar-refractivity contribution < 1.29 is 24.2 Å². The summed E-state index contributed by atoms with van der Waals surface area (Å²) in [5.74, 6) is -0.718. The molecule has 0 radical (unpaired) electrons. The number of hydrogen-bond acceptors (Lipinski definition) is 5. The fourth-order valence-corrected chi connectivity index (χ4v) is 6.84. The van der Waals surface area contributed by atoms with E-state index in [-0.39, 0.29) is 17.9 Å². The summed E-state index contributed by atoms with van der Waals surface area (Å²) in [6.45, 7) is 3.92. The van der Waals surface area contributed by atoms with Gasteiger partial charge < -0.3 is 25.0 Å². The molecule has 2 aromatic carbocycles. The van der Waals surface area contributed by atoms with Gasteiger partial charge in [0.1, 0.15) is 11.3 Å². The Morgan fingerprint density at radius 1 is 1.09 bits per heavy atom. The molecule has 0 spiro atoms. The van der Waals surface area contributed by atoms with Crippen LogP contribution in [0.2, 0.25) is 0 Å². The summed E-state index contributed by atoms with van der Waals surface area (Å²) in [5, 5.41) is 16.3. The Hall–Kier alpha value is -4.92. The number of amides is 2. The Bertz CT molecular complexity index is 1830. The third-order valence-corrected chi connectivity index (χ3v) is 9.75. The number of hydrogen-bond donors (Lipinski definition) is 3. The van der Waals surface area contributed by atoms with E-state index in [2.05, 4.69) is 26.3 Å². The van der Waals surface area contributed by atoms with Crippen LogP contribution >= 0.6 is 0 Å². The minimum absolute atomic E-state index is 0.106. The predicted molar refractivity (Wildman–Crippen MR) is 184 cm³/mol. The van der Waals surface area contributed by atoms with Crippen LogP contribution in [-0.4, -0.2) is 44.1 Å². The van der Waals surface area contributed by atoms with Crippen molar-refractivity contribution in [3.8, 4) is 17.1 Å². The molecule has 3 N–H and O–H groups in total. The number of benzene rings is 2. The Morgan fingerprint density at radius 3 is 2.53 bits per heavy atom. The lowest BCUT2D eigenvalue weighted by Gasteiger charge is -2.40. The molecular formula is C38H42N4O5. The summed E-state index contributed by atoms with van der Waals surface area (Å²) in [4.78, 5) is 43.3. The van der Waals surface area contributed by atoms with Gasteiger partial charge in [0.15, 0.2) is 0 Å². The van der Waals surface area contributed by atoms with Crippen LogP contribution in [0.25, 0.3) is 28.4 Å². The topological polar surface area (TPSA) is 123 Å². The number of aliphatic carboxylic acids is 1. The Balaban J connectivity index is 1.25. The van der Waals surface area contributed by atoms with Crippen LogP contribution in [0, 0.1) is 0 Å². The lowest BCUT2D eigenvalue weighted by atomic mass is 9.75. The monoisotopic (exact) mass is 634 g/mol. The highest BCUT2D eigenvalue weighted by Crippen LogP contribution is 2.44. The number of nitrogens with one attached hydrogen (secondary N) is 2. The van der Waals surface area contributed by atoms with E-state index >= 15 is 0 Å². The minimum Gasteiger partial charge on any atom is -0.490 e. The molecule has 6 rings (SSSR count). The van der Waals surface area contributed by atoms with Crippen molar-refractivity contribution in [1.82, 2.24) is 14.9 Å². The van der Waals surface area contributed by atoms with Crippen molar-refractivity contribution in [3.05, 3.63) is 83.6 Å². The van der Waals surface area contributed by atoms with Gasteiger partial charge in [-0.15, -0.1) is 0 Å². The summed E-state index contributed by atoms with van der Waals surface area (Å²) in [6, 6.07) is 16.9. The molecule has 2 heterocycles. The van der Waals surface area contributed by atoms with Crippen molar-refractivity contribution in [1.29, 1.82) is 0 Å². The number of carboxylic acid groups (broad SMARTS) is 1. The van der Waals surface area contributed by atoms with Gasteiger partial charge in [0, 0.05) is 53.1 Å². The number of carbonyl (C=O) groups is 3. The van der Waals surface area contributed by atoms with Gasteiger partial charge in [-0.3, -0.25) is 14.6 Å². The molecule has 0 bridgehead atoms. The van der Waals surface area contributed by atoms with Gasteiger partial charge in [-0.1, -0.05) is 31.9 Å². The van der Waals surface area contributed by atoms with E-state index in [4.69, 9.17) is 9.84 Å². The number of nitrogens with zero attached hydrogens (tertiary/aromatic N) is 2. The number of aryl methyl sites for hydroxylation is 1. The average molecular weight is 635 g/mol. The van der Waals surface area contributed by atoms with Crippen molar-refractivity contribution >= 4 is 40.4 Å². The second-order valence-electron chi connectivity index (χ2n) is 12.9. The van der Waals surface area contributed by atoms with E-state index in [1.165, 1.54) is 24.5 Å². The van der Waals surface area contributed by atoms with Crippen LogP contribution < -0.4 is 15.4 Å². The van der Waals surface area contributed by atoms with E-state index in [0.717, 1.165) is 54.1 Å². The number of carboxylic acids is 1. The normalized spacial score (nSPS) is 16.6. The van der Waals surface area contributed by atoms with Crippen LogP contribution in [0.15, 0.2) is 66.9 Å². The largest absolute Gasteiger partial charge is 0.490 e. The predicted octanol–water partition coefficient (Wildman–Crippen LogP) is 7.46. The molecule has 4 aromatic rings. The van der Waals surface area contributed by atoms with Crippen LogP contribution in [0.5, 0.6) is 5.75 Å². The Labute approximate surface area is 275 Å². The lowest BCUT2D eigenvalue weighted by Crippen LogP contribution is -2.61. The molecule has 2 aliphatic rings. The van der Waals surface area contributed by atoms with Crippen molar-refractivity contribution in [3.63, 3.8) is 0 Å². The molecule has 1 atom stereocenters. The molecule has 0 aliphatic heterocycles.